The van der Waals surface area contributed by atoms with Crippen LogP contribution in [0.4, 0.5) is 5.69 Å². The van der Waals surface area contributed by atoms with Gasteiger partial charge in [0.2, 0.25) is 11.8 Å². The molecule has 0 spiro atoms. The summed E-state index contributed by atoms with van der Waals surface area (Å²) in [5.74, 6) is 1.45. The van der Waals surface area contributed by atoms with Gasteiger partial charge in [-0.1, -0.05) is 12.5 Å². The molecule has 1 aromatic carbocycles. The van der Waals surface area contributed by atoms with Crippen LogP contribution in [-0.2, 0) is 9.59 Å². The van der Waals surface area contributed by atoms with E-state index in [1.54, 1.807) is 0 Å². The van der Waals surface area contributed by atoms with Gasteiger partial charge in [0, 0.05) is 24.7 Å². The van der Waals surface area contributed by atoms with E-state index in [2.05, 4.69) is 11.4 Å². The zero-order chi connectivity index (χ0) is 16.8. The average molecular weight is 326 g/mol. The third-order valence-corrected chi connectivity index (χ3v) is 6.12. The smallest absolute Gasteiger partial charge is 0.229 e. The molecule has 0 aromatic heterocycles. The quantitative estimate of drug-likeness (QED) is 0.927. The molecule has 1 saturated heterocycles. The molecule has 4 unspecified atom stereocenters. The van der Waals surface area contributed by atoms with Crippen molar-refractivity contribution in [1.29, 1.82) is 0 Å². The van der Waals surface area contributed by atoms with Gasteiger partial charge in [0.15, 0.2) is 0 Å². The number of carbonyl (C=O) groups is 2. The number of aryl methyl sites for hydroxylation is 2. The molecule has 0 radical (unpaired) electrons. The Balaban J connectivity index is 1.42. The lowest BCUT2D eigenvalue weighted by atomic mass is 9.94. The number of amides is 2. The van der Waals surface area contributed by atoms with Crippen LogP contribution in [0.5, 0.6) is 0 Å². The average Bonchev–Trinajstić information content (AvgIpc) is 3.20. The lowest BCUT2D eigenvalue weighted by molar-refractivity contribution is -0.130. The Morgan fingerprint density at radius 3 is 2.50 bits per heavy atom. The summed E-state index contributed by atoms with van der Waals surface area (Å²) in [4.78, 5) is 27.1. The third kappa shape index (κ3) is 2.83. The van der Waals surface area contributed by atoms with Crippen molar-refractivity contribution in [3.05, 3.63) is 29.3 Å². The summed E-state index contributed by atoms with van der Waals surface area (Å²) in [6.07, 6.45) is 5.40. The van der Waals surface area contributed by atoms with Gasteiger partial charge in [-0.05, 0) is 68.2 Å². The fourth-order valence-electron chi connectivity index (χ4n) is 5.11. The molecule has 1 N–H and O–H groups in total. The van der Waals surface area contributed by atoms with E-state index in [9.17, 15) is 9.59 Å². The highest BCUT2D eigenvalue weighted by Crippen LogP contribution is 2.47. The molecule has 4 rings (SSSR count). The first kappa shape index (κ1) is 15.7. The van der Waals surface area contributed by atoms with Gasteiger partial charge < -0.3 is 10.2 Å². The van der Waals surface area contributed by atoms with Gasteiger partial charge >= 0.3 is 0 Å². The number of fused-ring (bicyclic) bond motifs is 2. The van der Waals surface area contributed by atoms with Gasteiger partial charge in [0.25, 0.3) is 0 Å². The summed E-state index contributed by atoms with van der Waals surface area (Å²) in [7, 11) is 0. The highest BCUT2D eigenvalue weighted by molar-refractivity contribution is 5.97. The van der Waals surface area contributed by atoms with Crippen molar-refractivity contribution < 1.29 is 9.59 Å². The van der Waals surface area contributed by atoms with Crippen LogP contribution >= 0.6 is 0 Å². The fraction of sp³-hybridized carbons (Fsp3) is 0.600. The van der Waals surface area contributed by atoms with Crippen molar-refractivity contribution in [3.63, 3.8) is 0 Å². The van der Waals surface area contributed by atoms with E-state index in [0.717, 1.165) is 29.2 Å². The lowest BCUT2D eigenvalue weighted by Crippen LogP contribution is -2.40. The Morgan fingerprint density at radius 1 is 1.12 bits per heavy atom. The Labute approximate surface area is 143 Å². The van der Waals surface area contributed by atoms with Gasteiger partial charge in [-0.3, -0.25) is 9.59 Å². The molecular formula is C20H26N2O2. The SMILES string of the molecule is Cc1cc(C)cc(NC(=O)C2CC(=O)N(C3CC4CCC3C4)C2)c1. The maximum Gasteiger partial charge on any atom is 0.229 e. The minimum absolute atomic E-state index is 0.0148. The molecule has 2 aliphatic carbocycles. The topological polar surface area (TPSA) is 49.4 Å². The van der Waals surface area contributed by atoms with Crippen LogP contribution in [0.15, 0.2) is 18.2 Å². The van der Waals surface area contributed by atoms with E-state index >= 15 is 0 Å². The number of benzene rings is 1. The molecule has 2 amide bonds. The normalized spacial score (nSPS) is 31.8. The second-order valence-electron chi connectivity index (χ2n) is 8.05. The summed E-state index contributed by atoms with van der Waals surface area (Å²) >= 11 is 0. The van der Waals surface area contributed by atoms with Crippen molar-refractivity contribution in [2.24, 2.45) is 17.8 Å². The van der Waals surface area contributed by atoms with Crippen molar-refractivity contribution in [1.82, 2.24) is 4.90 Å². The van der Waals surface area contributed by atoms with Crippen LogP contribution < -0.4 is 5.32 Å². The van der Waals surface area contributed by atoms with Crippen molar-refractivity contribution >= 4 is 17.5 Å². The molecule has 3 fully saturated rings. The minimum atomic E-state index is -0.211. The number of hydrogen-bond donors (Lipinski definition) is 1. The molecule has 1 aliphatic heterocycles. The van der Waals surface area contributed by atoms with Crippen LogP contribution in [0.2, 0.25) is 0 Å². The summed E-state index contributed by atoms with van der Waals surface area (Å²) in [5, 5.41) is 3.01. The molecular weight excluding hydrogens is 300 g/mol. The second kappa shape index (κ2) is 5.91. The number of rotatable bonds is 3. The first-order valence-electron chi connectivity index (χ1n) is 9.18. The van der Waals surface area contributed by atoms with E-state index in [-0.39, 0.29) is 17.7 Å². The van der Waals surface area contributed by atoms with Crippen molar-refractivity contribution in [2.45, 2.75) is 52.0 Å². The number of likely N-dealkylation sites (tertiary alicyclic amines) is 1. The van der Waals surface area contributed by atoms with Gasteiger partial charge in [0.1, 0.15) is 0 Å². The molecule has 2 saturated carbocycles. The molecule has 128 valence electrons. The first-order valence-corrected chi connectivity index (χ1v) is 9.18. The maximum absolute atomic E-state index is 12.6. The van der Waals surface area contributed by atoms with Crippen LogP contribution in [0, 0.1) is 31.6 Å². The molecule has 4 nitrogen and oxygen atoms in total. The van der Waals surface area contributed by atoms with Gasteiger partial charge in [0.05, 0.1) is 5.92 Å². The predicted octanol–water partition coefficient (Wildman–Crippen LogP) is 3.28. The number of nitrogens with zero attached hydrogens (tertiary/aromatic N) is 1. The van der Waals surface area contributed by atoms with E-state index < -0.39 is 0 Å². The van der Waals surface area contributed by atoms with Crippen molar-refractivity contribution in [3.8, 4) is 0 Å². The standard InChI is InChI=1S/C20H26N2O2/c1-12-5-13(2)7-17(6-12)21-20(24)16-10-19(23)22(11-16)18-9-14-3-4-15(18)8-14/h5-7,14-16,18H,3-4,8-11H2,1-2H3,(H,21,24). The van der Waals surface area contributed by atoms with Crippen LogP contribution in [0.25, 0.3) is 0 Å². The summed E-state index contributed by atoms with van der Waals surface area (Å²) in [6, 6.07) is 6.45. The monoisotopic (exact) mass is 326 g/mol. The summed E-state index contributed by atoms with van der Waals surface area (Å²) in [5.41, 5.74) is 3.11. The molecule has 1 aromatic rings. The van der Waals surface area contributed by atoms with Crippen LogP contribution in [0.1, 0.15) is 43.2 Å². The fourth-order valence-corrected chi connectivity index (χ4v) is 5.11. The van der Waals surface area contributed by atoms with E-state index in [0.29, 0.717) is 24.9 Å². The summed E-state index contributed by atoms with van der Waals surface area (Å²) in [6.45, 7) is 4.65. The van der Waals surface area contributed by atoms with Gasteiger partial charge in [-0.25, -0.2) is 0 Å². The number of nitrogens with one attached hydrogen (secondary N) is 1. The molecule has 1 heterocycles. The Morgan fingerprint density at radius 2 is 1.88 bits per heavy atom. The summed E-state index contributed by atoms with van der Waals surface area (Å²) < 4.78 is 0. The number of hydrogen-bond acceptors (Lipinski definition) is 2. The lowest BCUT2D eigenvalue weighted by Gasteiger charge is -2.31. The Bertz CT molecular complexity index is 664. The van der Waals surface area contributed by atoms with E-state index in [1.807, 2.05) is 30.9 Å². The third-order valence-electron chi connectivity index (χ3n) is 6.12. The number of carbonyl (C=O) groups excluding carboxylic acids is 2. The molecule has 2 bridgehead atoms. The Kier molecular flexibility index (Phi) is 3.86. The van der Waals surface area contributed by atoms with Gasteiger partial charge in [-0.15, -0.1) is 0 Å². The predicted molar refractivity (Wildman–Crippen MR) is 93.6 cm³/mol. The zero-order valence-electron chi connectivity index (χ0n) is 14.5. The molecule has 24 heavy (non-hydrogen) atoms. The molecule has 4 heteroatoms. The van der Waals surface area contributed by atoms with E-state index in [1.165, 1.54) is 19.3 Å². The first-order chi connectivity index (χ1) is 11.5. The maximum atomic E-state index is 12.6. The van der Waals surface area contributed by atoms with Crippen LogP contribution in [-0.4, -0.2) is 29.3 Å². The highest BCUT2D eigenvalue weighted by Gasteiger charge is 2.47. The zero-order valence-corrected chi connectivity index (χ0v) is 14.5. The van der Waals surface area contributed by atoms with Gasteiger partial charge in [-0.2, -0.15) is 0 Å². The van der Waals surface area contributed by atoms with E-state index in [4.69, 9.17) is 0 Å². The molecule has 3 aliphatic rings. The minimum Gasteiger partial charge on any atom is -0.339 e. The van der Waals surface area contributed by atoms with Crippen LogP contribution in [0.3, 0.4) is 0 Å². The highest BCUT2D eigenvalue weighted by atomic mass is 16.2. The number of anilines is 1. The second-order valence-corrected chi connectivity index (χ2v) is 8.05. The molecule has 4 atom stereocenters. The van der Waals surface area contributed by atoms with Crippen molar-refractivity contribution in [2.75, 3.05) is 11.9 Å². The Hall–Kier alpha value is -1.84. The largest absolute Gasteiger partial charge is 0.339 e.